The van der Waals surface area contributed by atoms with Crippen molar-refractivity contribution in [2.45, 2.75) is 32.6 Å². The van der Waals surface area contributed by atoms with E-state index in [1.165, 1.54) is 6.33 Å². The highest BCUT2D eigenvalue weighted by Gasteiger charge is 2.13. The molecule has 0 aliphatic rings. The number of aryl methyl sites for hydroxylation is 1. The standard InChI is InChI=1S/C24H25N5O3/c1-3-32-22-14-19(16-10-11-25-24(13-16)31-2)28-20-12-17(8-9-18(20)22)21(30)6-4-5-7-23-26-15-27-29-23/h8-15H,3-7H2,1-2H3,(H,26,27,29). The molecule has 0 bridgehead atoms. The molecule has 0 amide bonds. The summed E-state index contributed by atoms with van der Waals surface area (Å²) in [7, 11) is 1.58. The first-order chi connectivity index (χ1) is 15.7. The van der Waals surface area contributed by atoms with E-state index in [0.29, 0.717) is 30.0 Å². The number of Topliss-reactive ketones (excluding diaryl/α,β-unsaturated/α-hetero) is 1. The molecule has 0 unspecified atom stereocenters. The van der Waals surface area contributed by atoms with Crippen molar-refractivity contribution >= 4 is 16.7 Å². The van der Waals surface area contributed by atoms with Gasteiger partial charge in [-0.05, 0) is 38.0 Å². The molecule has 3 aromatic heterocycles. The van der Waals surface area contributed by atoms with E-state index in [9.17, 15) is 4.79 Å². The van der Waals surface area contributed by atoms with Gasteiger partial charge in [-0.15, -0.1) is 0 Å². The third kappa shape index (κ3) is 4.91. The topological polar surface area (TPSA) is 103 Å². The monoisotopic (exact) mass is 431 g/mol. The smallest absolute Gasteiger partial charge is 0.213 e. The second kappa shape index (κ2) is 10.00. The lowest BCUT2D eigenvalue weighted by Crippen LogP contribution is -2.01. The summed E-state index contributed by atoms with van der Waals surface area (Å²) in [5.74, 6) is 2.18. The number of hydrogen-bond acceptors (Lipinski definition) is 7. The largest absolute Gasteiger partial charge is 0.493 e. The summed E-state index contributed by atoms with van der Waals surface area (Å²) < 4.78 is 11.1. The molecule has 0 saturated carbocycles. The summed E-state index contributed by atoms with van der Waals surface area (Å²) >= 11 is 0. The molecule has 0 fully saturated rings. The number of pyridine rings is 2. The van der Waals surface area contributed by atoms with Crippen LogP contribution >= 0.6 is 0 Å². The first kappa shape index (κ1) is 21.4. The lowest BCUT2D eigenvalue weighted by Gasteiger charge is -2.12. The Morgan fingerprint density at radius 1 is 1.09 bits per heavy atom. The van der Waals surface area contributed by atoms with Crippen molar-refractivity contribution < 1.29 is 14.3 Å². The fraction of sp³-hybridized carbons (Fsp3) is 0.292. The van der Waals surface area contributed by atoms with E-state index in [4.69, 9.17) is 14.5 Å². The number of unbranched alkanes of at least 4 members (excludes halogenated alkanes) is 1. The van der Waals surface area contributed by atoms with Gasteiger partial charge in [0.05, 0.1) is 24.9 Å². The molecular formula is C24H25N5O3. The van der Waals surface area contributed by atoms with Crippen LogP contribution in [-0.4, -0.2) is 44.6 Å². The number of nitrogens with zero attached hydrogens (tertiary/aromatic N) is 4. The van der Waals surface area contributed by atoms with Crippen LogP contribution in [0.1, 0.15) is 42.4 Å². The Morgan fingerprint density at radius 3 is 2.78 bits per heavy atom. The van der Waals surface area contributed by atoms with Crippen molar-refractivity contribution in [2.75, 3.05) is 13.7 Å². The fourth-order valence-corrected chi connectivity index (χ4v) is 3.55. The minimum absolute atomic E-state index is 0.0974. The van der Waals surface area contributed by atoms with Gasteiger partial charge < -0.3 is 9.47 Å². The molecule has 4 rings (SSSR count). The summed E-state index contributed by atoms with van der Waals surface area (Å²) in [4.78, 5) is 25.8. The predicted octanol–water partition coefficient (Wildman–Crippen LogP) is 4.42. The Hall–Kier alpha value is -3.81. The molecule has 0 saturated heterocycles. The quantitative estimate of drug-likeness (QED) is 0.293. The molecule has 1 aromatic carbocycles. The third-order valence-corrected chi connectivity index (χ3v) is 5.17. The van der Waals surface area contributed by atoms with Crippen molar-refractivity contribution in [2.24, 2.45) is 0 Å². The summed E-state index contributed by atoms with van der Waals surface area (Å²) in [5, 5.41) is 7.55. The third-order valence-electron chi connectivity index (χ3n) is 5.17. The first-order valence-corrected chi connectivity index (χ1v) is 10.6. The average molecular weight is 431 g/mol. The number of ether oxygens (including phenoxy) is 2. The number of aromatic nitrogens is 5. The summed E-state index contributed by atoms with van der Waals surface area (Å²) in [6.45, 7) is 2.47. The van der Waals surface area contributed by atoms with Crippen LogP contribution in [0.3, 0.4) is 0 Å². The van der Waals surface area contributed by atoms with Gasteiger partial charge in [-0.2, -0.15) is 5.10 Å². The van der Waals surface area contributed by atoms with Gasteiger partial charge in [0.15, 0.2) is 5.78 Å². The predicted molar refractivity (Wildman–Crippen MR) is 121 cm³/mol. The number of fused-ring (bicyclic) bond motifs is 1. The summed E-state index contributed by atoms with van der Waals surface area (Å²) in [6.07, 6.45) is 6.08. The van der Waals surface area contributed by atoms with Gasteiger partial charge in [-0.3, -0.25) is 9.89 Å². The molecule has 1 N–H and O–H groups in total. The number of H-pyrrole nitrogens is 1. The van der Waals surface area contributed by atoms with Crippen LogP contribution < -0.4 is 9.47 Å². The zero-order valence-electron chi connectivity index (χ0n) is 18.2. The van der Waals surface area contributed by atoms with E-state index in [1.807, 2.05) is 43.3 Å². The molecule has 4 aromatic rings. The molecule has 0 aliphatic heterocycles. The highest BCUT2D eigenvalue weighted by atomic mass is 16.5. The van der Waals surface area contributed by atoms with Crippen molar-refractivity contribution in [3.63, 3.8) is 0 Å². The zero-order valence-corrected chi connectivity index (χ0v) is 18.2. The second-order valence-electron chi connectivity index (χ2n) is 7.32. The second-order valence-corrected chi connectivity index (χ2v) is 7.32. The van der Waals surface area contributed by atoms with Crippen LogP contribution in [-0.2, 0) is 6.42 Å². The number of benzene rings is 1. The maximum atomic E-state index is 12.8. The minimum atomic E-state index is 0.0974. The molecule has 0 aliphatic carbocycles. The molecule has 0 radical (unpaired) electrons. The van der Waals surface area contributed by atoms with Crippen molar-refractivity contribution in [3.8, 4) is 22.9 Å². The molecule has 8 nitrogen and oxygen atoms in total. The lowest BCUT2D eigenvalue weighted by molar-refractivity contribution is 0.0979. The van der Waals surface area contributed by atoms with Gasteiger partial charge in [-0.1, -0.05) is 6.07 Å². The van der Waals surface area contributed by atoms with E-state index in [-0.39, 0.29) is 5.78 Å². The van der Waals surface area contributed by atoms with Gasteiger partial charge in [-0.25, -0.2) is 15.0 Å². The molecule has 0 atom stereocenters. The summed E-state index contributed by atoms with van der Waals surface area (Å²) in [6, 6.07) is 11.2. The number of aromatic amines is 1. The highest BCUT2D eigenvalue weighted by molar-refractivity contribution is 6.00. The molecule has 3 heterocycles. The number of carbonyl (C=O) groups is 1. The minimum Gasteiger partial charge on any atom is -0.493 e. The van der Waals surface area contributed by atoms with Crippen molar-refractivity contribution in [3.05, 3.63) is 60.3 Å². The normalized spacial score (nSPS) is 10.9. The van der Waals surface area contributed by atoms with E-state index in [1.54, 1.807) is 13.3 Å². The zero-order chi connectivity index (χ0) is 22.3. The van der Waals surface area contributed by atoms with Crippen LogP contribution in [0.2, 0.25) is 0 Å². The van der Waals surface area contributed by atoms with E-state index in [0.717, 1.165) is 47.5 Å². The average Bonchev–Trinajstić information content (AvgIpc) is 3.35. The molecule has 164 valence electrons. The summed E-state index contributed by atoms with van der Waals surface area (Å²) in [5.41, 5.74) is 2.97. The number of carbonyl (C=O) groups excluding carboxylic acids is 1. The Balaban J connectivity index is 1.57. The Bertz CT molecular complexity index is 1210. The molecule has 0 spiro atoms. The number of hydrogen-bond donors (Lipinski definition) is 1. The van der Waals surface area contributed by atoms with Crippen LogP contribution in [0.25, 0.3) is 22.2 Å². The maximum Gasteiger partial charge on any atom is 0.213 e. The van der Waals surface area contributed by atoms with Crippen LogP contribution in [0.15, 0.2) is 48.9 Å². The Kier molecular flexibility index (Phi) is 6.69. The molecular weight excluding hydrogens is 406 g/mol. The first-order valence-electron chi connectivity index (χ1n) is 10.6. The van der Waals surface area contributed by atoms with Crippen LogP contribution in [0.5, 0.6) is 11.6 Å². The van der Waals surface area contributed by atoms with Gasteiger partial charge in [0.1, 0.15) is 17.9 Å². The van der Waals surface area contributed by atoms with Gasteiger partial charge in [0.25, 0.3) is 0 Å². The van der Waals surface area contributed by atoms with E-state index in [2.05, 4.69) is 20.2 Å². The van der Waals surface area contributed by atoms with Crippen LogP contribution in [0.4, 0.5) is 0 Å². The fourth-order valence-electron chi connectivity index (χ4n) is 3.55. The molecule has 8 heteroatoms. The van der Waals surface area contributed by atoms with E-state index >= 15 is 0 Å². The van der Waals surface area contributed by atoms with Gasteiger partial charge >= 0.3 is 0 Å². The van der Waals surface area contributed by atoms with Crippen molar-refractivity contribution in [1.82, 2.24) is 25.1 Å². The lowest BCUT2D eigenvalue weighted by atomic mass is 10.0. The maximum absolute atomic E-state index is 12.8. The number of methoxy groups -OCH3 is 1. The van der Waals surface area contributed by atoms with Gasteiger partial charge in [0.2, 0.25) is 5.88 Å². The van der Waals surface area contributed by atoms with E-state index < -0.39 is 0 Å². The van der Waals surface area contributed by atoms with Gasteiger partial charge in [0, 0.05) is 47.7 Å². The van der Waals surface area contributed by atoms with Crippen LogP contribution in [0, 0.1) is 0 Å². The number of nitrogens with one attached hydrogen (secondary N) is 1. The SMILES string of the molecule is CCOc1cc(-c2ccnc(OC)c2)nc2cc(C(=O)CCCCc3ncn[nH]3)ccc12. The number of rotatable bonds is 10. The van der Waals surface area contributed by atoms with Crippen molar-refractivity contribution in [1.29, 1.82) is 0 Å². The molecule has 32 heavy (non-hydrogen) atoms. The number of ketones is 1. The highest BCUT2D eigenvalue weighted by Crippen LogP contribution is 2.31. The Morgan fingerprint density at radius 2 is 2.00 bits per heavy atom. The Labute approximate surface area is 186 Å².